The van der Waals surface area contributed by atoms with Crippen LogP contribution in [0.15, 0.2) is 88.7 Å². The molecule has 4 aromatic rings. The first-order chi connectivity index (χ1) is 13.7. The molecule has 0 saturated carbocycles. The zero-order chi connectivity index (χ0) is 19.3. The first kappa shape index (κ1) is 18.4. The normalized spacial score (nSPS) is 10.5. The second-order valence-corrected chi connectivity index (χ2v) is 7.62. The van der Waals surface area contributed by atoms with Crippen LogP contribution in [-0.4, -0.2) is 10.9 Å². The van der Waals surface area contributed by atoms with E-state index in [4.69, 9.17) is 4.74 Å². The summed E-state index contributed by atoms with van der Waals surface area (Å²) in [6.07, 6.45) is 0. The van der Waals surface area contributed by atoms with Crippen LogP contribution in [0.4, 0.5) is 5.13 Å². The molecule has 0 fully saturated rings. The number of rotatable bonds is 5. The van der Waals surface area contributed by atoms with Crippen molar-refractivity contribution in [2.24, 2.45) is 0 Å². The van der Waals surface area contributed by atoms with Gasteiger partial charge in [-0.05, 0) is 64.5 Å². The van der Waals surface area contributed by atoms with Crippen LogP contribution in [0.5, 0.6) is 11.5 Å². The predicted molar refractivity (Wildman–Crippen MR) is 116 cm³/mol. The summed E-state index contributed by atoms with van der Waals surface area (Å²) in [5, 5.41) is 5.32. The largest absolute Gasteiger partial charge is 0.457 e. The summed E-state index contributed by atoms with van der Waals surface area (Å²) in [5.41, 5.74) is 2.33. The standard InChI is InChI=1S/C22H15BrN2O2S/c23-19-9-5-4-8-18(19)21(26)25-22-24-20(14-28-22)15-10-12-17(13-11-15)27-16-6-2-1-3-7-16/h1-14H,(H,24,25,26). The Labute approximate surface area is 175 Å². The molecule has 0 radical (unpaired) electrons. The molecule has 6 heteroatoms. The summed E-state index contributed by atoms with van der Waals surface area (Å²) in [4.78, 5) is 16.9. The highest BCUT2D eigenvalue weighted by Gasteiger charge is 2.12. The van der Waals surface area contributed by atoms with Crippen molar-refractivity contribution in [2.45, 2.75) is 0 Å². The van der Waals surface area contributed by atoms with Gasteiger partial charge in [-0.2, -0.15) is 0 Å². The van der Waals surface area contributed by atoms with Crippen molar-refractivity contribution in [1.29, 1.82) is 0 Å². The van der Waals surface area contributed by atoms with Gasteiger partial charge in [-0.25, -0.2) is 4.98 Å². The first-order valence-corrected chi connectivity index (χ1v) is 10.2. The number of ether oxygens (including phenoxy) is 1. The second kappa shape index (κ2) is 8.37. The Balaban J connectivity index is 1.45. The SMILES string of the molecule is O=C(Nc1nc(-c2ccc(Oc3ccccc3)cc2)cs1)c1ccccc1Br. The van der Waals surface area contributed by atoms with Gasteiger partial charge in [0, 0.05) is 15.4 Å². The number of nitrogens with zero attached hydrogens (tertiary/aromatic N) is 1. The molecule has 0 unspecified atom stereocenters. The highest BCUT2D eigenvalue weighted by Crippen LogP contribution is 2.28. The van der Waals surface area contributed by atoms with Crippen LogP contribution in [-0.2, 0) is 0 Å². The van der Waals surface area contributed by atoms with Crippen molar-refractivity contribution in [3.05, 3.63) is 94.3 Å². The van der Waals surface area contributed by atoms with Crippen LogP contribution in [0, 0.1) is 0 Å². The van der Waals surface area contributed by atoms with E-state index in [1.54, 1.807) is 6.07 Å². The van der Waals surface area contributed by atoms with Crippen LogP contribution < -0.4 is 10.1 Å². The van der Waals surface area contributed by atoms with Crippen molar-refractivity contribution in [2.75, 3.05) is 5.32 Å². The molecule has 4 nitrogen and oxygen atoms in total. The fourth-order valence-electron chi connectivity index (χ4n) is 2.59. The number of nitrogens with one attached hydrogen (secondary N) is 1. The second-order valence-electron chi connectivity index (χ2n) is 5.91. The number of halogens is 1. The number of benzene rings is 3. The molecule has 1 heterocycles. The van der Waals surface area contributed by atoms with Gasteiger partial charge in [-0.1, -0.05) is 30.3 Å². The van der Waals surface area contributed by atoms with Gasteiger partial charge in [0.25, 0.3) is 5.91 Å². The van der Waals surface area contributed by atoms with E-state index in [-0.39, 0.29) is 5.91 Å². The van der Waals surface area contributed by atoms with Crippen molar-refractivity contribution in [3.8, 4) is 22.8 Å². The number of para-hydroxylation sites is 1. The predicted octanol–water partition coefficient (Wildman–Crippen LogP) is 6.62. The maximum absolute atomic E-state index is 12.4. The van der Waals surface area contributed by atoms with Gasteiger partial charge in [0.1, 0.15) is 11.5 Å². The van der Waals surface area contributed by atoms with Gasteiger partial charge in [-0.3, -0.25) is 10.1 Å². The highest BCUT2D eigenvalue weighted by atomic mass is 79.9. The molecule has 1 amide bonds. The molecule has 138 valence electrons. The Morgan fingerprint density at radius 1 is 0.893 bits per heavy atom. The van der Waals surface area contributed by atoms with Crippen molar-refractivity contribution in [1.82, 2.24) is 4.98 Å². The zero-order valence-corrected chi connectivity index (χ0v) is 17.0. The molecule has 4 rings (SSSR count). The molecule has 1 N–H and O–H groups in total. The first-order valence-electron chi connectivity index (χ1n) is 8.54. The number of amides is 1. The van der Waals surface area contributed by atoms with E-state index >= 15 is 0 Å². The lowest BCUT2D eigenvalue weighted by Gasteiger charge is -2.06. The van der Waals surface area contributed by atoms with Gasteiger partial charge in [-0.15, -0.1) is 11.3 Å². The number of aromatic nitrogens is 1. The number of hydrogen-bond acceptors (Lipinski definition) is 4. The average molecular weight is 451 g/mol. The van der Waals surface area contributed by atoms with E-state index in [9.17, 15) is 4.79 Å². The van der Waals surface area contributed by atoms with E-state index in [2.05, 4.69) is 26.2 Å². The molecule has 0 spiro atoms. The van der Waals surface area contributed by atoms with E-state index in [0.29, 0.717) is 10.7 Å². The van der Waals surface area contributed by atoms with Crippen molar-refractivity contribution in [3.63, 3.8) is 0 Å². The molecular formula is C22H15BrN2O2S. The minimum Gasteiger partial charge on any atom is -0.457 e. The Morgan fingerprint density at radius 3 is 2.32 bits per heavy atom. The smallest absolute Gasteiger partial charge is 0.258 e. The lowest BCUT2D eigenvalue weighted by atomic mass is 10.2. The summed E-state index contributed by atoms with van der Waals surface area (Å²) >= 11 is 4.78. The molecule has 1 aromatic heterocycles. The van der Waals surface area contributed by atoms with Crippen LogP contribution >= 0.6 is 27.3 Å². The number of thiazole rings is 1. The van der Waals surface area contributed by atoms with Crippen LogP contribution in [0.2, 0.25) is 0 Å². The quantitative estimate of drug-likeness (QED) is 0.371. The van der Waals surface area contributed by atoms with E-state index in [1.807, 2.05) is 78.2 Å². The molecular weight excluding hydrogens is 436 g/mol. The summed E-state index contributed by atoms with van der Waals surface area (Å²) in [5.74, 6) is 1.36. The summed E-state index contributed by atoms with van der Waals surface area (Å²) < 4.78 is 6.56. The van der Waals surface area contributed by atoms with E-state index < -0.39 is 0 Å². The van der Waals surface area contributed by atoms with Crippen molar-refractivity contribution < 1.29 is 9.53 Å². The number of carbonyl (C=O) groups excluding carboxylic acids is 1. The third-order valence-corrected chi connectivity index (χ3v) is 5.42. The minimum atomic E-state index is -0.194. The molecule has 0 aliphatic heterocycles. The molecule has 0 atom stereocenters. The lowest BCUT2D eigenvalue weighted by Crippen LogP contribution is -2.12. The van der Waals surface area contributed by atoms with E-state index in [1.165, 1.54) is 11.3 Å². The lowest BCUT2D eigenvalue weighted by molar-refractivity contribution is 0.102. The Hall–Kier alpha value is -2.96. The van der Waals surface area contributed by atoms with Crippen LogP contribution in [0.3, 0.4) is 0 Å². The molecule has 0 aliphatic rings. The molecule has 3 aromatic carbocycles. The number of carbonyl (C=O) groups is 1. The van der Waals surface area contributed by atoms with Gasteiger partial charge in [0.15, 0.2) is 5.13 Å². The molecule has 0 bridgehead atoms. The monoisotopic (exact) mass is 450 g/mol. The number of anilines is 1. The fraction of sp³-hybridized carbons (Fsp3) is 0. The van der Waals surface area contributed by atoms with Gasteiger partial charge < -0.3 is 4.74 Å². The number of hydrogen-bond donors (Lipinski definition) is 1. The third-order valence-electron chi connectivity index (χ3n) is 3.97. The Morgan fingerprint density at radius 2 is 1.57 bits per heavy atom. The zero-order valence-electron chi connectivity index (χ0n) is 14.6. The third kappa shape index (κ3) is 4.30. The molecule has 0 aliphatic carbocycles. The molecule has 0 saturated heterocycles. The Kier molecular flexibility index (Phi) is 5.50. The maximum atomic E-state index is 12.4. The summed E-state index contributed by atoms with van der Waals surface area (Å²) in [6, 6.07) is 24.6. The fourth-order valence-corrected chi connectivity index (χ4v) is 3.77. The van der Waals surface area contributed by atoms with Gasteiger partial charge in [0.05, 0.1) is 11.3 Å². The minimum absolute atomic E-state index is 0.194. The topological polar surface area (TPSA) is 51.2 Å². The Bertz CT molecular complexity index is 1090. The summed E-state index contributed by atoms with van der Waals surface area (Å²) in [7, 11) is 0. The van der Waals surface area contributed by atoms with Crippen LogP contribution in [0.1, 0.15) is 10.4 Å². The maximum Gasteiger partial charge on any atom is 0.258 e. The molecule has 28 heavy (non-hydrogen) atoms. The van der Waals surface area contributed by atoms with Crippen molar-refractivity contribution >= 4 is 38.3 Å². The van der Waals surface area contributed by atoms with Gasteiger partial charge >= 0.3 is 0 Å². The van der Waals surface area contributed by atoms with Gasteiger partial charge in [0.2, 0.25) is 0 Å². The van der Waals surface area contributed by atoms with Crippen LogP contribution in [0.25, 0.3) is 11.3 Å². The summed E-state index contributed by atoms with van der Waals surface area (Å²) in [6.45, 7) is 0. The van der Waals surface area contributed by atoms with E-state index in [0.717, 1.165) is 27.2 Å². The average Bonchev–Trinajstić information content (AvgIpc) is 3.18. The highest BCUT2D eigenvalue weighted by molar-refractivity contribution is 9.10.